The Bertz CT molecular complexity index is 663. The first-order valence-corrected chi connectivity index (χ1v) is 8.75. The monoisotopic (exact) mass is 330 g/mol. The van der Waals surface area contributed by atoms with Gasteiger partial charge in [-0.05, 0) is 18.6 Å². The van der Waals surface area contributed by atoms with Gasteiger partial charge in [0.05, 0.1) is 18.9 Å². The number of methoxy groups -OCH3 is 1. The normalized spacial score (nSPS) is 17.1. The molecule has 1 heterocycles. The highest BCUT2D eigenvalue weighted by atomic mass is 32.2. The number of halogens is 1. The first-order valence-electron chi connectivity index (χ1n) is 6.91. The Morgan fingerprint density at radius 3 is 2.55 bits per heavy atom. The van der Waals surface area contributed by atoms with Crippen LogP contribution in [0.2, 0.25) is 0 Å². The third-order valence-corrected chi connectivity index (χ3v) is 4.92. The molecule has 122 valence electrons. The minimum absolute atomic E-state index is 0.0337. The molecule has 1 saturated heterocycles. The minimum Gasteiger partial charge on any atom is -0.497 e. The molecule has 0 N–H and O–H groups in total. The van der Waals surface area contributed by atoms with Crippen molar-refractivity contribution in [1.82, 2.24) is 9.21 Å². The van der Waals surface area contributed by atoms with Gasteiger partial charge >= 0.3 is 0 Å². The van der Waals surface area contributed by atoms with Crippen LogP contribution in [0.1, 0.15) is 16.8 Å². The molecule has 0 atom stereocenters. The minimum atomic E-state index is -3.28. The second kappa shape index (κ2) is 6.62. The van der Waals surface area contributed by atoms with Crippen LogP contribution >= 0.6 is 0 Å². The van der Waals surface area contributed by atoms with Crippen LogP contribution in [-0.4, -0.2) is 63.1 Å². The van der Waals surface area contributed by atoms with Crippen LogP contribution in [0.4, 0.5) is 4.39 Å². The van der Waals surface area contributed by atoms with Crippen molar-refractivity contribution in [3.63, 3.8) is 0 Å². The second-order valence-corrected chi connectivity index (χ2v) is 7.14. The van der Waals surface area contributed by atoms with Gasteiger partial charge in [-0.2, -0.15) is 0 Å². The third kappa shape index (κ3) is 3.75. The van der Waals surface area contributed by atoms with E-state index < -0.39 is 21.7 Å². The van der Waals surface area contributed by atoms with Gasteiger partial charge in [-0.25, -0.2) is 17.1 Å². The number of ether oxygens (including phenoxy) is 1. The van der Waals surface area contributed by atoms with Crippen LogP contribution in [0.25, 0.3) is 0 Å². The van der Waals surface area contributed by atoms with E-state index in [-0.39, 0.29) is 18.7 Å². The van der Waals surface area contributed by atoms with Gasteiger partial charge in [-0.3, -0.25) is 4.79 Å². The second-order valence-electron chi connectivity index (χ2n) is 5.15. The number of nitrogens with zero attached hydrogens (tertiary/aromatic N) is 2. The summed E-state index contributed by atoms with van der Waals surface area (Å²) in [4.78, 5) is 13.9. The molecular weight excluding hydrogens is 311 g/mol. The van der Waals surface area contributed by atoms with E-state index in [4.69, 9.17) is 4.74 Å². The molecule has 1 amide bonds. The van der Waals surface area contributed by atoms with Gasteiger partial charge in [-0.1, -0.05) is 0 Å². The van der Waals surface area contributed by atoms with Gasteiger partial charge in [0.15, 0.2) is 0 Å². The van der Waals surface area contributed by atoms with E-state index in [0.717, 1.165) is 12.3 Å². The maximum atomic E-state index is 14.0. The molecular formula is C14H19FN2O4S. The molecule has 0 aromatic heterocycles. The quantitative estimate of drug-likeness (QED) is 0.827. The molecule has 0 spiro atoms. The third-order valence-electron chi connectivity index (χ3n) is 3.62. The summed E-state index contributed by atoms with van der Waals surface area (Å²) in [6, 6.07) is 4.07. The van der Waals surface area contributed by atoms with Crippen LogP contribution < -0.4 is 4.74 Å². The molecule has 0 aliphatic carbocycles. The van der Waals surface area contributed by atoms with Crippen LogP contribution in [0.5, 0.6) is 5.75 Å². The lowest BCUT2D eigenvalue weighted by Crippen LogP contribution is -2.37. The molecule has 1 fully saturated rings. The maximum absolute atomic E-state index is 14.0. The Balaban J connectivity index is 2.13. The van der Waals surface area contributed by atoms with E-state index in [1.807, 2.05) is 0 Å². The van der Waals surface area contributed by atoms with E-state index in [2.05, 4.69) is 0 Å². The summed E-state index contributed by atoms with van der Waals surface area (Å²) >= 11 is 0. The molecule has 8 heteroatoms. The van der Waals surface area contributed by atoms with Crippen LogP contribution in [0, 0.1) is 5.82 Å². The molecule has 1 aliphatic rings. The van der Waals surface area contributed by atoms with E-state index in [1.54, 1.807) is 0 Å². The molecule has 2 rings (SSSR count). The molecule has 6 nitrogen and oxygen atoms in total. The standard InChI is InChI=1S/C14H19FN2O4S/c1-21-11-4-5-12(13(15)10-11)14(18)16-6-3-7-17(9-8-16)22(2,19)20/h4-5,10H,3,6-9H2,1-2H3. The summed E-state index contributed by atoms with van der Waals surface area (Å²) in [5, 5.41) is 0. The Morgan fingerprint density at radius 2 is 1.95 bits per heavy atom. The fourth-order valence-electron chi connectivity index (χ4n) is 2.40. The van der Waals surface area contributed by atoms with Crippen molar-refractivity contribution in [1.29, 1.82) is 0 Å². The average Bonchev–Trinajstić information content (AvgIpc) is 2.72. The predicted molar refractivity (Wildman–Crippen MR) is 79.9 cm³/mol. The van der Waals surface area contributed by atoms with Crippen LogP contribution in [0.3, 0.4) is 0 Å². The van der Waals surface area contributed by atoms with E-state index in [9.17, 15) is 17.6 Å². The Kier molecular flexibility index (Phi) is 5.02. The van der Waals surface area contributed by atoms with Crippen molar-refractivity contribution in [2.75, 3.05) is 39.5 Å². The van der Waals surface area contributed by atoms with Gasteiger partial charge < -0.3 is 9.64 Å². The van der Waals surface area contributed by atoms with Crippen molar-refractivity contribution < 1.29 is 22.3 Å². The SMILES string of the molecule is COc1ccc(C(=O)N2CCCN(S(C)(=O)=O)CC2)c(F)c1. The summed E-state index contributed by atoms with van der Waals surface area (Å²) in [5.41, 5.74) is -0.0337. The number of rotatable bonds is 3. The van der Waals surface area contributed by atoms with Crippen LogP contribution in [0.15, 0.2) is 18.2 Å². The van der Waals surface area contributed by atoms with Crippen molar-refractivity contribution in [3.8, 4) is 5.75 Å². The lowest BCUT2D eigenvalue weighted by atomic mass is 10.1. The van der Waals surface area contributed by atoms with E-state index >= 15 is 0 Å². The maximum Gasteiger partial charge on any atom is 0.256 e. The number of hydrogen-bond acceptors (Lipinski definition) is 4. The molecule has 0 radical (unpaired) electrons. The lowest BCUT2D eigenvalue weighted by Gasteiger charge is -2.21. The van der Waals surface area contributed by atoms with Gasteiger partial charge in [0, 0.05) is 32.2 Å². The molecule has 0 unspecified atom stereocenters. The van der Waals surface area contributed by atoms with Gasteiger partial charge in [0.25, 0.3) is 5.91 Å². The van der Waals surface area contributed by atoms with Gasteiger partial charge in [0.2, 0.25) is 10.0 Å². The van der Waals surface area contributed by atoms with E-state index in [1.165, 1.54) is 28.4 Å². The number of amides is 1. The number of hydrogen-bond donors (Lipinski definition) is 0. The fourth-order valence-corrected chi connectivity index (χ4v) is 3.27. The largest absolute Gasteiger partial charge is 0.497 e. The van der Waals surface area contributed by atoms with Gasteiger partial charge in [0.1, 0.15) is 11.6 Å². The summed E-state index contributed by atoms with van der Waals surface area (Å²) < 4.78 is 43.3. The van der Waals surface area contributed by atoms with Crippen LogP contribution in [-0.2, 0) is 10.0 Å². The summed E-state index contributed by atoms with van der Waals surface area (Å²) in [6.07, 6.45) is 1.67. The first-order chi connectivity index (χ1) is 10.3. The molecule has 0 saturated carbocycles. The fraction of sp³-hybridized carbons (Fsp3) is 0.500. The van der Waals surface area contributed by atoms with Crippen molar-refractivity contribution >= 4 is 15.9 Å². The highest BCUT2D eigenvalue weighted by Crippen LogP contribution is 2.19. The zero-order valence-electron chi connectivity index (χ0n) is 12.6. The predicted octanol–water partition coefficient (Wildman–Crippen LogP) is 0.942. The van der Waals surface area contributed by atoms with Crippen molar-refractivity contribution in [2.45, 2.75) is 6.42 Å². The molecule has 1 aromatic rings. The smallest absolute Gasteiger partial charge is 0.256 e. The Labute approximate surface area is 129 Å². The molecule has 1 aliphatic heterocycles. The number of carbonyl (C=O) groups excluding carboxylic acids is 1. The average molecular weight is 330 g/mol. The number of benzene rings is 1. The summed E-state index contributed by atoms with van der Waals surface area (Å²) in [7, 11) is -1.85. The zero-order chi connectivity index (χ0) is 16.3. The Morgan fingerprint density at radius 1 is 1.23 bits per heavy atom. The van der Waals surface area contributed by atoms with Crippen molar-refractivity contribution in [3.05, 3.63) is 29.6 Å². The number of sulfonamides is 1. The lowest BCUT2D eigenvalue weighted by molar-refractivity contribution is 0.0759. The molecule has 22 heavy (non-hydrogen) atoms. The summed E-state index contributed by atoms with van der Waals surface area (Å²) in [5.74, 6) is -0.739. The van der Waals surface area contributed by atoms with Gasteiger partial charge in [-0.15, -0.1) is 0 Å². The first kappa shape index (κ1) is 16.7. The highest BCUT2D eigenvalue weighted by Gasteiger charge is 2.25. The molecule has 0 bridgehead atoms. The zero-order valence-corrected chi connectivity index (χ0v) is 13.4. The summed E-state index contributed by atoms with van der Waals surface area (Å²) in [6.45, 7) is 1.24. The molecule has 1 aromatic carbocycles. The van der Waals surface area contributed by atoms with Crippen molar-refractivity contribution in [2.24, 2.45) is 0 Å². The number of carbonyl (C=O) groups is 1. The Hall–Kier alpha value is -1.67. The van der Waals surface area contributed by atoms with E-state index in [0.29, 0.717) is 25.3 Å². The highest BCUT2D eigenvalue weighted by molar-refractivity contribution is 7.88. The topological polar surface area (TPSA) is 66.9 Å².